The standard InChI is InChI=1S/C19H29NO2/c1-15(2)16-10-12-18(13-11-16)22-14-19(21)20-17-8-6-4-3-5-7-9-17/h10-13,15,17H,3-9,14H2,1-2H3,(H,20,21). The summed E-state index contributed by atoms with van der Waals surface area (Å²) in [5.74, 6) is 1.27. The van der Waals surface area contributed by atoms with E-state index in [1.54, 1.807) is 0 Å². The van der Waals surface area contributed by atoms with Crippen LogP contribution in [0.5, 0.6) is 5.75 Å². The molecule has 1 aliphatic carbocycles. The molecule has 22 heavy (non-hydrogen) atoms. The molecule has 3 nitrogen and oxygen atoms in total. The Bertz CT molecular complexity index is 445. The summed E-state index contributed by atoms with van der Waals surface area (Å²) < 4.78 is 5.59. The molecule has 0 saturated heterocycles. The zero-order valence-electron chi connectivity index (χ0n) is 13.9. The van der Waals surface area contributed by atoms with Gasteiger partial charge in [-0.15, -0.1) is 0 Å². The van der Waals surface area contributed by atoms with Crippen LogP contribution in [0.25, 0.3) is 0 Å². The van der Waals surface area contributed by atoms with Crippen molar-refractivity contribution in [3.8, 4) is 5.75 Å². The molecule has 1 aromatic rings. The maximum atomic E-state index is 12.0. The molecule has 122 valence electrons. The number of hydrogen-bond acceptors (Lipinski definition) is 2. The van der Waals surface area contributed by atoms with Crippen LogP contribution in [0.15, 0.2) is 24.3 Å². The molecule has 1 amide bonds. The van der Waals surface area contributed by atoms with Gasteiger partial charge in [-0.05, 0) is 36.5 Å². The van der Waals surface area contributed by atoms with Crippen LogP contribution in [0.2, 0.25) is 0 Å². The lowest BCUT2D eigenvalue weighted by Gasteiger charge is -2.21. The molecule has 0 spiro atoms. The average molecular weight is 303 g/mol. The van der Waals surface area contributed by atoms with Gasteiger partial charge >= 0.3 is 0 Å². The predicted octanol–water partition coefficient (Wildman–Crippen LogP) is 4.42. The van der Waals surface area contributed by atoms with E-state index in [1.807, 2.05) is 12.1 Å². The Morgan fingerprint density at radius 3 is 2.27 bits per heavy atom. The first-order valence-corrected chi connectivity index (χ1v) is 8.67. The second kappa shape index (κ2) is 8.82. The van der Waals surface area contributed by atoms with E-state index in [0.29, 0.717) is 12.0 Å². The number of amides is 1. The number of hydrogen-bond donors (Lipinski definition) is 1. The van der Waals surface area contributed by atoms with Crippen molar-refractivity contribution < 1.29 is 9.53 Å². The third-order valence-electron chi connectivity index (χ3n) is 4.39. The lowest BCUT2D eigenvalue weighted by molar-refractivity contribution is -0.123. The van der Waals surface area contributed by atoms with Gasteiger partial charge in [-0.3, -0.25) is 4.79 Å². The maximum Gasteiger partial charge on any atom is 0.258 e. The van der Waals surface area contributed by atoms with Gasteiger partial charge in [0.2, 0.25) is 0 Å². The number of benzene rings is 1. The molecule has 0 heterocycles. The SMILES string of the molecule is CC(C)c1ccc(OCC(=O)NC2CCCCCCC2)cc1. The quantitative estimate of drug-likeness (QED) is 0.874. The highest BCUT2D eigenvalue weighted by Crippen LogP contribution is 2.19. The molecule has 0 radical (unpaired) electrons. The number of nitrogens with one attached hydrogen (secondary N) is 1. The molecule has 0 atom stereocenters. The van der Waals surface area contributed by atoms with E-state index in [0.717, 1.165) is 18.6 Å². The topological polar surface area (TPSA) is 38.3 Å². The molecule has 1 aliphatic rings. The van der Waals surface area contributed by atoms with Crippen molar-refractivity contribution in [3.63, 3.8) is 0 Å². The van der Waals surface area contributed by atoms with Gasteiger partial charge in [-0.2, -0.15) is 0 Å². The van der Waals surface area contributed by atoms with E-state index < -0.39 is 0 Å². The van der Waals surface area contributed by atoms with Gasteiger partial charge in [0.15, 0.2) is 6.61 Å². The van der Waals surface area contributed by atoms with E-state index >= 15 is 0 Å². The fraction of sp³-hybridized carbons (Fsp3) is 0.632. The predicted molar refractivity (Wildman–Crippen MR) is 90.3 cm³/mol. The van der Waals surface area contributed by atoms with E-state index in [2.05, 4.69) is 31.3 Å². The van der Waals surface area contributed by atoms with E-state index in [-0.39, 0.29) is 12.5 Å². The summed E-state index contributed by atoms with van der Waals surface area (Å²) in [6, 6.07) is 8.34. The van der Waals surface area contributed by atoms with Crippen LogP contribution in [0.1, 0.15) is 70.3 Å². The van der Waals surface area contributed by atoms with Crippen molar-refractivity contribution in [1.82, 2.24) is 5.32 Å². The fourth-order valence-electron chi connectivity index (χ4n) is 2.97. The highest BCUT2D eigenvalue weighted by Gasteiger charge is 2.14. The smallest absolute Gasteiger partial charge is 0.258 e. The Morgan fingerprint density at radius 1 is 1.09 bits per heavy atom. The lowest BCUT2D eigenvalue weighted by Crippen LogP contribution is -2.38. The van der Waals surface area contributed by atoms with E-state index in [9.17, 15) is 4.79 Å². The second-order valence-electron chi connectivity index (χ2n) is 6.62. The maximum absolute atomic E-state index is 12.0. The molecule has 1 fully saturated rings. The van der Waals surface area contributed by atoms with Crippen molar-refractivity contribution in [2.75, 3.05) is 6.61 Å². The van der Waals surface area contributed by atoms with E-state index in [1.165, 1.54) is 37.7 Å². The molecule has 1 aromatic carbocycles. The second-order valence-corrected chi connectivity index (χ2v) is 6.62. The minimum Gasteiger partial charge on any atom is -0.484 e. The summed E-state index contributed by atoms with van der Waals surface area (Å²) in [5.41, 5.74) is 1.28. The Balaban J connectivity index is 1.74. The monoisotopic (exact) mass is 303 g/mol. The molecule has 2 rings (SSSR count). The van der Waals surface area contributed by atoms with Crippen LogP contribution in [0, 0.1) is 0 Å². The fourth-order valence-corrected chi connectivity index (χ4v) is 2.97. The number of ether oxygens (including phenoxy) is 1. The third kappa shape index (κ3) is 5.70. The Kier molecular flexibility index (Phi) is 6.75. The van der Waals surface area contributed by atoms with Crippen LogP contribution in [0.3, 0.4) is 0 Å². The van der Waals surface area contributed by atoms with Crippen molar-refractivity contribution in [2.45, 2.75) is 70.8 Å². The van der Waals surface area contributed by atoms with Crippen LogP contribution in [-0.4, -0.2) is 18.6 Å². The summed E-state index contributed by atoms with van der Waals surface area (Å²) in [6.45, 7) is 4.44. The van der Waals surface area contributed by atoms with Gasteiger partial charge < -0.3 is 10.1 Å². The first-order chi connectivity index (χ1) is 10.6. The molecule has 1 N–H and O–H groups in total. The molecular weight excluding hydrogens is 274 g/mol. The Hall–Kier alpha value is -1.51. The summed E-state index contributed by atoms with van der Waals surface area (Å²) in [7, 11) is 0. The van der Waals surface area contributed by atoms with Gasteiger partial charge in [-0.1, -0.05) is 58.1 Å². The van der Waals surface area contributed by atoms with Crippen LogP contribution in [-0.2, 0) is 4.79 Å². The molecule has 0 unspecified atom stereocenters. The van der Waals surface area contributed by atoms with Crippen LogP contribution < -0.4 is 10.1 Å². The van der Waals surface area contributed by atoms with Crippen molar-refractivity contribution in [3.05, 3.63) is 29.8 Å². The average Bonchev–Trinajstić information content (AvgIpc) is 2.48. The molecular formula is C19H29NO2. The molecule has 0 aromatic heterocycles. The van der Waals surface area contributed by atoms with Gasteiger partial charge in [0.05, 0.1) is 0 Å². The zero-order chi connectivity index (χ0) is 15.8. The molecule has 0 aliphatic heterocycles. The molecule has 3 heteroatoms. The van der Waals surface area contributed by atoms with Gasteiger partial charge in [0, 0.05) is 6.04 Å². The molecule has 0 bridgehead atoms. The molecule has 1 saturated carbocycles. The Labute approximate surface area is 134 Å². The largest absolute Gasteiger partial charge is 0.484 e. The summed E-state index contributed by atoms with van der Waals surface area (Å²) >= 11 is 0. The minimum absolute atomic E-state index is 0.00138. The number of rotatable bonds is 5. The summed E-state index contributed by atoms with van der Waals surface area (Å²) in [4.78, 5) is 12.0. The van der Waals surface area contributed by atoms with Crippen LogP contribution >= 0.6 is 0 Å². The lowest BCUT2D eigenvalue weighted by atomic mass is 9.97. The van der Waals surface area contributed by atoms with Crippen molar-refractivity contribution >= 4 is 5.91 Å². The van der Waals surface area contributed by atoms with Gasteiger partial charge in [0.1, 0.15) is 5.75 Å². The zero-order valence-corrected chi connectivity index (χ0v) is 13.9. The first kappa shape index (κ1) is 16.9. The Morgan fingerprint density at radius 2 is 1.68 bits per heavy atom. The van der Waals surface area contributed by atoms with E-state index in [4.69, 9.17) is 4.74 Å². The van der Waals surface area contributed by atoms with Gasteiger partial charge in [0.25, 0.3) is 5.91 Å². The highest BCUT2D eigenvalue weighted by molar-refractivity contribution is 5.77. The summed E-state index contributed by atoms with van der Waals surface area (Å²) in [5, 5.41) is 3.12. The van der Waals surface area contributed by atoms with Crippen molar-refractivity contribution in [1.29, 1.82) is 0 Å². The van der Waals surface area contributed by atoms with Crippen molar-refractivity contribution in [2.24, 2.45) is 0 Å². The van der Waals surface area contributed by atoms with Crippen LogP contribution in [0.4, 0.5) is 0 Å². The minimum atomic E-state index is -0.00138. The third-order valence-corrected chi connectivity index (χ3v) is 4.39. The number of carbonyl (C=O) groups excluding carboxylic acids is 1. The first-order valence-electron chi connectivity index (χ1n) is 8.67. The summed E-state index contributed by atoms with van der Waals surface area (Å²) in [6.07, 6.45) is 8.60. The normalized spacial score (nSPS) is 16.9. The van der Waals surface area contributed by atoms with Gasteiger partial charge in [-0.25, -0.2) is 0 Å². The highest BCUT2D eigenvalue weighted by atomic mass is 16.5. The number of carbonyl (C=O) groups is 1.